The van der Waals surface area contributed by atoms with Crippen LogP contribution in [0, 0.1) is 0 Å². The van der Waals surface area contributed by atoms with Crippen molar-refractivity contribution in [3.05, 3.63) is 159 Å². The van der Waals surface area contributed by atoms with E-state index in [-0.39, 0.29) is 0 Å². The topological polar surface area (TPSA) is 24.8 Å². The molecule has 0 amide bonds. The monoisotopic (exact) mass is 528 g/mol. The molecule has 4 heteroatoms. The SMILES string of the molecule is c1ccc(-c2ccc(-[n+]3c[n+](-c4ccccc4)c[n+](-c4cccc5cc6c(cc45)oc4ccccc46)c3)cc2)cc1. The molecule has 4 nitrogen and oxygen atoms in total. The Hall–Kier alpha value is -5.61. The molecule has 0 aliphatic carbocycles. The van der Waals surface area contributed by atoms with Gasteiger partial charge < -0.3 is 4.42 Å². The number of benzene rings is 6. The molecule has 0 spiro atoms. The molecule has 0 unspecified atom stereocenters. The molecule has 6 aromatic carbocycles. The van der Waals surface area contributed by atoms with E-state index in [4.69, 9.17) is 4.42 Å². The van der Waals surface area contributed by atoms with Gasteiger partial charge in [-0.2, -0.15) is 0 Å². The molecule has 0 N–H and O–H groups in total. The van der Waals surface area contributed by atoms with Crippen LogP contribution >= 0.6 is 0 Å². The predicted molar refractivity (Wildman–Crippen MR) is 161 cm³/mol. The molecular weight excluding hydrogens is 502 g/mol. The van der Waals surface area contributed by atoms with Gasteiger partial charge in [0, 0.05) is 41.1 Å². The Morgan fingerprint density at radius 3 is 1.80 bits per heavy atom. The van der Waals surface area contributed by atoms with Crippen LogP contribution in [0.3, 0.4) is 0 Å². The van der Waals surface area contributed by atoms with Crippen LogP contribution in [0.1, 0.15) is 0 Å². The van der Waals surface area contributed by atoms with E-state index in [0.717, 1.165) is 44.4 Å². The molecule has 8 rings (SSSR count). The van der Waals surface area contributed by atoms with Gasteiger partial charge in [-0.1, -0.05) is 92.6 Å². The number of fused-ring (bicyclic) bond motifs is 4. The maximum absolute atomic E-state index is 6.27. The Labute approximate surface area is 237 Å². The third-order valence-electron chi connectivity index (χ3n) is 7.71. The number of para-hydroxylation sites is 2. The Morgan fingerprint density at radius 2 is 1.02 bits per heavy atom. The van der Waals surface area contributed by atoms with Gasteiger partial charge in [-0.3, -0.25) is 0 Å². The number of hydrogen-bond acceptors (Lipinski definition) is 1. The molecule has 0 radical (unpaired) electrons. The minimum absolute atomic E-state index is 0.892. The van der Waals surface area contributed by atoms with Crippen molar-refractivity contribution in [3.8, 4) is 28.2 Å². The van der Waals surface area contributed by atoms with E-state index < -0.39 is 0 Å². The zero-order valence-electron chi connectivity index (χ0n) is 22.3. The summed E-state index contributed by atoms with van der Waals surface area (Å²) in [5.41, 5.74) is 7.43. The van der Waals surface area contributed by atoms with Crippen LogP contribution in [0.15, 0.2) is 163 Å². The fourth-order valence-electron chi connectivity index (χ4n) is 5.64. The van der Waals surface area contributed by atoms with Gasteiger partial charge >= 0.3 is 19.0 Å². The molecule has 41 heavy (non-hydrogen) atoms. The van der Waals surface area contributed by atoms with Gasteiger partial charge in [0.15, 0.2) is 0 Å². The molecule has 0 aliphatic rings. The summed E-state index contributed by atoms with van der Waals surface area (Å²) in [4.78, 5) is 0. The van der Waals surface area contributed by atoms with Crippen molar-refractivity contribution in [2.75, 3.05) is 0 Å². The van der Waals surface area contributed by atoms with Gasteiger partial charge in [-0.05, 0) is 46.8 Å². The summed E-state index contributed by atoms with van der Waals surface area (Å²) in [7, 11) is 0. The van der Waals surface area contributed by atoms with E-state index in [1.54, 1.807) is 0 Å². The summed E-state index contributed by atoms with van der Waals surface area (Å²) in [5, 5.41) is 4.57. The first kappa shape index (κ1) is 23.3. The van der Waals surface area contributed by atoms with Crippen LogP contribution in [0.25, 0.3) is 60.9 Å². The number of nitrogens with zero attached hydrogens (tertiary/aromatic N) is 3. The van der Waals surface area contributed by atoms with Crippen LogP contribution in [0.5, 0.6) is 0 Å². The summed E-state index contributed by atoms with van der Waals surface area (Å²) >= 11 is 0. The number of aromatic nitrogens is 3. The fraction of sp³-hybridized carbons (Fsp3) is 0. The highest BCUT2D eigenvalue weighted by molar-refractivity contribution is 6.10. The smallest absolute Gasteiger partial charge is 0.428 e. The molecule has 192 valence electrons. The normalized spacial score (nSPS) is 11.4. The molecule has 2 aromatic heterocycles. The second kappa shape index (κ2) is 9.54. The first-order valence-corrected chi connectivity index (χ1v) is 13.7. The number of hydrogen-bond donors (Lipinski definition) is 0. The predicted octanol–water partition coefficient (Wildman–Crippen LogP) is 7.24. The van der Waals surface area contributed by atoms with Gasteiger partial charge in [0.2, 0.25) is 17.1 Å². The molecule has 0 fully saturated rings. The Morgan fingerprint density at radius 1 is 0.390 bits per heavy atom. The summed E-state index contributed by atoms with van der Waals surface area (Å²) in [6.07, 6.45) is 6.38. The zero-order valence-corrected chi connectivity index (χ0v) is 22.3. The molecule has 0 bridgehead atoms. The highest BCUT2D eigenvalue weighted by atomic mass is 16.3. The molecule has 0 saturated heterocycles. The van der Waals surface area contributed by atoms with E-state index >= 15 is 0 Å². The van der Waals surface area contributed by atoms with Crippen LogP contribution < -0.4 is 13.7 Å². The number of rotatable bonds is 4. The van der Waals surface area contributed by atoms with Crippen molar-refractivity contribution >= 4 is 32.7 Å². The maximum atomic E-state index is 6.27. The first-order chi connectivity index (χ1) is 20.3. The third-order valence-corrected chi connectivity index (χ3v) is 7.71. The maximum Gasteiger partial charge on any atom is 0.428 e. The molecule has 0 aliphatic heterocycles. The molecule has 0 atom stereocenters. The van der Waals surface area contributed by atoms with Gasteiger partial charge in [0.1, 0.15) is 11.2 Å². The van der Waals surface area contributed by atoms with Crippen LogP contribution in [0.4, 0.5) is 0 Å². The van der Waals surface area contributed by atoms with E-state index in [1.807, 2.05) is 24.3 Å². The second-order valence-electron chi connectivity index (χ2n) is 10.3. The summed E-state index contributed by atoms with van der Waals surface area (Å²) < 4.78 is 12.8. The average Bonchev–Trinajstić information content (AvgIpc) is 3.41. The lowest BCUT2D eigenvalue weighted by molar-refractivity contribution is -0.858. The Balaban J connectivity index is 1.32. The molecule has 0 saturated carbocycles. The molecule has 2 heterocycles. The van der Waals surface area contributed by atoms with Crippen LogP contribution in [0.2, 0.25) is 0 Å². The van der Waals surface area contributed by atoms with Crippen molar-refractivity contribution in [3.63, 3.8) is 0 Å². The van der Waals surface area contributed by atoms with E-state index in [1.165, 1.54) is 16.5 Å². The molecule has 8 aromatic rings. The van der Waals surface area contributed by atoms with Crippen molar-refractivity contribution < 1.29 is 18.1 Å². The minimum atomic E-state index is 0.892. The number of furan rings is 1. The van der Waals surface area contributed by atoms with Gasteiger partial charge in [-0.15, -0.1) is 0 Å². The lowest BCUT2D eigenvalue weighted by atomic mass is 10.0. The summed E-state index contributed by atoms with van der Waals surface area (Å²) in [6.45, 7) is 0. The lowest BCUT2D eigenvalue weighted by Gasteiger charge is -2.03. The summed E-state index contributed by atoms with van der Waals surface area (Å²) in [6, 6.07) is 48.7. The second-order valence-corrected chi connectivity index (χ2v) is 10.3. The minimum Gasteiger partial charge on any atom is -0.456 e. The quantitative estimate of drug-likeness (QED) is 0.221. The van der Waals surface area contributed by atoms with Gasteiger partial charge in [0.05, 0.1) is 5.39 Å². The highest BCUT2D eigenvalue weighted by Crippen LogP contribution is 2.33. The lowest BCUT2D eigenvalue weighted by Crippen LogP contribution is -2.55. The van der Waals surface area contributed by atoms with E-state index in [9.17, 15) is 0 Å². The van der Waals surface area contributed by atoms with Crippen LogP contribution in [-0.2, 0) is 0 Å². The van der Waals surface area contributed by atoms with Crippen LogP contribution in [-0.4, -0.2) is 0 Å². The zero-order chi connectivity index (χ0) is 27.2. The fourth-order valence-corrected chi connectivity index (χ4v) is 5.64. The average molecular weight is 529 g/mol. The molecular formula is C37H26N3O+3. The Kier molecular flexibility index (Phi) is 5.42. The first-order valence-electron chi connectivity index (χ1n) is 13.7. The van der Waals surface area contributed by atoms with Crippen molar-refractivity contribution in [2.45, 2.75) is 0 Å². The van der Waals surface area contributed by atoms with Crippen molar-refractivity contribution in [1.82, 2.24) is 0 Å². The Bertz CT molecular complexity index is 2180. The third kappa shape index (κ3) is 4.14. The van der Waals surface area contributed by atoms with Gasteiger partial charge in [0.25, 0.3) is 0 Å². The van der Waals surface area contributed by atoms with Crippen molar-refractivity contribution in [1.29, 1.82) is 0 Å². The van der Waals surface area contributed by atoms with E-state index in [0.29, 0.717) is 0 Å². The standard InChI is InChI=1S/C37H26N3O/c1-3-10-27(11-4-1)28-18-20-31(21-19-28)39-24-38(30-13-5-2-6-14-30)25-40(26-39)35-16-9-12-29-22-34-32-15-7-8-17-36(32)41-37(34)23-33(29)35/h1-26H/q+3. The largest absolute Gasteiger partial charge is 0.456 e. The van der Waals surface area contributed by atoms with Gasteiger partial charge in [-0.25, -0.2) is 0 Å². The summed E-state index contributed by atoms with van der Waals surface area (Å²) in [5.74, 6) is 0. The van der Waals surface area contributed by atoms with Crippen molar-refractivity contribution in [2.24, 2.45) is 0 Å². The van der Waals surface area contributed by atoms with E-state index in [2.05, 4.69) is 148 Å². The highest BCUT2D eigenvalue weighted by Gasteiger charge is 2.26.